The van der Waals surface area contributed by atoms with E-state index < -0.39 is 5.97 Å². The molecule has 0 aliphatic carbocycles. The van der Waals surface area contributed by atoms with Gasteiger partial charge in [-0.15, -0.1) is 0 Å². The minimum atomic E-state index is -1.00. The molecule has 1 aromatic heterocycles. The summed E-state index contributed by atoms with van der Waals surface area (Å²) < 4.78 is 1.88. The van der Waals surface area contributed by atoms with E-state index in [2.05, 4.69) is 21.0 Å². The summed E-state index contributed by atoms with van der Waals surface area (Å²) in [5.41, 5.74) is 1.70. The van der Waals surface area contributed by atoms with Crippen LogP contribution in [0, 0.1) is 0 Å². The molecule has 0 unspecified atom stereocenters. The number of rotatable bonds is 2. The first-order valence-corrected chi connectivity index (χ1v) is 6.83. The highest BCUT2D eigenvalue weighted by Gasteiger charge is 2.21. The van der Waals surface area contributed by atoms with Gasteiger partial charge in [-0.1, -0.05) is 42.5 Å². The molecule has 3 aromatic rings. The van der Waals surface area contributed by atoms with Gasteiger partial charge in [0.15, 0.2) is 5.69 Å². The Morgan fingerprint density at radius 1 is 1.20 bits per heavy atom. The lowest BCUT2D eigenvalue weighted by Crippen LogP contribution is -2.05. The number of hydrogen-bond acceptors (Lipinski definition) is 2. The van der Waals surface area contributed by atoms with Gasteiger partial charge in [-0.25, -0.2) is 4.79 Å². The molecule has 20 heavy (non-hydrogen) atoms. The van der Waals surface area contributed by atoms with Gasteiger partial charge in [0, 0.05) is 12.6 Å². The van der Waals surface area contributed by atoms with Crippen LogP contribution in [0.25, 0.3) is 22.0 Å². The standard InChI is InChI=1S/C15H11BrN2O2/c1-18-14(15(19)20)12(16)13(17-18)11-8-4-6-9-5-2-3-7-10(9)11/h2-8H,1H3,(H,19,20). The van der Waals surface area contributed by atoms with E-state index in [4.69, 9.17) is 0 Å². The first-order valence-electron chi connectivity index (χ1n) is 6.03. The molecule has 0 fully saturated rings. The van der Waals surface area contributed by atoms with Gasteiger partial charge < -0.3 is 5.11 Å². The van der Waals surface area contributed by atoms with Crippen molar-refractivity contribution in [3.05, 3.63) is 52.6 Å². The molecular weight excluding hydrogens is 320 g/mol. The second kappa shape index (κ2) is 4.76. The second-order valence-electron chi connectivity index (χ2n) is 4.47. The summed E-state index contributed by atoms with van der Waals surface area (Å²) in [6.45, 7) is 0. The summed E-state index contributed by atoms with van der Waals surface area (Å²) >= 11 is 3.36. The molecule has 0 bridgehead atoms. The van der Waals surface area contributed by atoms with E-state index in [1.807, 2.05) is 42.5 Å². The summed E-state index contributed by atoms with van der Waals surface area (Å²) in [5.74, 6) is -1.00. The molecule has 1 N–H and O–H groups in total. The van der Waals surface area contributed by atoms with Gasteiger partial charge in [-0.2, -0.15) is 5.10 Å². The number of carboxylic acid groups (broad SMARTS) is 1. The Balaban J connectivity index is 2.32. The molecule has 0 radical (unpaired) electrons. The maximum absolute atomic E-state index is 11.3. The third-order valence-electron chi connectivity index (χ3n) is 3.24. The van der Waals surface area contributed by atoms with Crippen molar-refractivity contribution in [2.45, 2.75) is 0 Å². The molecule has 4 nitrogen and oxygen atoms in total. The van der Waals surface area contributed by atoms with Crippen molar-refractivity contribution in [2.75, 3.05) is 0 Å². The molecule has 0 aliphatic heterocycles. The molecule has 0 atom stereocenters. The van der Waals surface area contributed by atoms with Crippen molar-refractivity contribution >= 4 is 32.7 Å². The maximum Gasteiger partial charge on any atom is 0.355 e. The van der Waals surface area contributed by atoms with E-state index in [0.717, 1.165) is 16.3 Å². The lowest BCUT2D eigenvalue weighted by molar-refractivity contribution is 0.0684. The molecule has 0 amide bonds. The zero-order valence-corrected chi connectivity index (χ0v) is 12.3. The number of carboxylic acids is 1. The number of benzene rings is 2. The van der Waals surface area contributed by atoms with E-state index in [-0.39, 0.29) is 5.69 Å². The average Bonchev–Trinajstić information content (AvgIpc) is 2.73. The van der Waals surface area contributed by atoms with Crippen molar-refractivity contribution in [1.82, 2.24) is 9.78 Å². The molecule has 3 rings (SSSR count). The summed E-state index contributed by atoms with van der Waals surface area (Å²) in [6, 6.07) is 13.9. The molecule has 5 heteroatoms. The summed E-state index contributed by atoms with van der Waals surface area (Å²) in [4.78, 5) is 11.3. The quantitative estimate of drug-likeness (QED) is 0.779. The third kappa shape index (κ3) is 1.91. The normalized spacial score (nSPS) is 10.9. The number of aromatic carboxylic acids is 1. The SMILES string of the molecule is Cn1nc(-c2cccc3ccccc23)c(Br)c1C(=O)O. The van der Waals surface area contributed by atoms with Gasteiger partial charge in [0.1, 0.15) is 5.69 Å². The predicted molar refractivity (Wildman–Crippen MR) is 80.8 cm³/mol. The van der Waals surface area contributed by atoms with Crippen LogP contribution in [0.5, 0.6) is 0 Å². The maximum atomic E-state index is 11.3. The van der Waals surface area contributed by atoms with E-state index >= 15 is 0 Å². The number of nitrogens with zero attached hydrogens (tertiary/aromatic N) is 2. The van der Waals surface area contributed by atoms with Crippen LogP contribution in [0.15, 0.2) is 46.9 Å². The van der Waals surface area contributed by atoms with Crippen molar-refractivity contribution in [3.8, 4) is 11.3 Å². The number of carbonyl (C=O) groups is 1. The first kappa shape index (κ1) is 12.9. The molecule has 100 valence electrons. The minimum Gasteiger partial charge on any atom is -0.476 e. The fourth-order valence-corrected chi connectivity index (χ4v) is 3.05. The van der Waals surface area contributed by atoms with Crippen LogP contribution in [0.3, 0.4) is 0 Å². The van der Waals surface area contributed by atoms with Crippen LogP contribution in [0.1, 0.15) is 10.5 Å². The first-order chi connectivity index (χ1) is 9.59. The Morgan fingerprint density at radius 2 is 1.90 bits per heavy atom. The highest BCUT2D eigenvalue weighted by Crippen LogP contribution is 2.34. The lowest BCUT2D eigenvalue weighted by atomic mass is 10.0. The van der Waals surface area contributed by atoms with E-state index in [1.54, 1.807) is 7.05 Å². The fraction of sp³-hybridized carbons (Fsp3) is 0.0667. The monoisotopic (exact) mass is 330 g/mol. The van der Waals surface area contributed by atoms with Gasteiger partial charge in [0.25, 0.3) is 0 Å². The minimum absolute atomic E-state index is 0.146. The van der Waals surface area contributed by atoms with Crippen molar-refractivity contribution < 1.29 is 9.90 Å². The summed E-state index contributed by atoms with van der Waals surface area (Å²) in [7, 11) is 1.63. The third-order valence-corrected chi connectivity index (χ3v) is 3.99. The van der Waals surface area contributed by atoms with Crippen molar-refractivity contribution in [1.29, 1.82) is 0 Å². The Hall–Kier alpha value is -2.14. The molecular formula is C15H11BrN2O2. The van der Waals surface area contributed by atoms with Gasteiger partial charge in [-0.3, -0.25) is 4.68 Å². The number of hydrogen-bond donors (Lipinski definition) is 1. The number of aromatic nitrogens is 2. The van der Waals surface area contributed by atoms with Gasteiger partial charge in [-0.05, 0) is 26.7 Å². The Labute approximate surface area is 123 Å². The van der Waals surface area contributed by atoms with Crippen LogP contribution >= 0.6 is 15.9 Å². The van der Waals surface area contributed by atoms with Gasteiger partial charge in [0.2, 0.25) is 0 Å². The zero-order valence-electron chi connectivity index (χ0n) is 10.7. The van der Waals surface area contributed by atoms with Crippen LogP contribution in [0.4, 0.5) is 0 Å². The van der Waals surface area contributed by atoms with Gasteiger partial charge in [0.05, 0.1) is 4.47 Å². The van der Waals surface area contributed by atoms with Crippen LogP contribution in [-0.4, -0.2) is 20.9 Å². The average molecular weight is 331 g/mol. The number of fused-ring (bicyclic) bond motifs is 1. The molecule has 0 aliphatic rings. The van der Waals surface area contributed by atoms with Crippen LogP contribution in [0.2, 0.25) is 0 Å². The Kier molecular flexibility index (Phi) is 3.06. The highest BCUT2D eigenvalue weighted by atomic mass is 79.9. The second-order valence-corrected chi connectivity index (χ2v) is 5.26. The summed E-state index contributed by atoms with van der Waals surface area (Å²) in [6.07, 6.45) is 0. The highest BCUT2D eigenvalue weighted by molar-refractivity contribution is 9.10. The van der Waals surface area contributed by atoms with Crippen molar-refractivity contribution in [3.63, 3.8) is 0 Å². The lowest BCUT2D eigenvalue weighted by Gasteiger charge is -2.04. The number of aryl methyl sites for hydroxylation is 1. The predicted octanol–water partition coefficient (Wildman–Crippen LogP) is 3.70. The van der Waals surface area contributed by atoms with Crippen molar-refractivity contribution in [2.24, 2.45) is 7.05 Å². The molecule has 0 saturated carbocycles. The Bertz CT molecular complexity index is 819. The molecule has 2 aromatic carbocycles. The van der Waals surface area contributed by atoms with Crippen LogP contribution < -0.4 is 0 Å². The van der Waals surface area contributed by atoms with E-state index in [1.165, 1.54) is 4.68 Å². The Morgan fingerprint density at radius 3 is 2.60 bits per heavy atom. The van der Waals surface area contributed by atoms with E-state index in [9.17, 15) is 9.90 Å². The van der Waals surface area contributed by atoms with E-state index in [0.29, 0.717) is 10.2 Å². The molecule has 0 spiro atoms. The molecule has 1 heterocycles. The largest absolute Gasteiger partial charge is 0.476 e. The fourth-order valence-electron chi connectivity index (χ4n) is 2.33. The zero-order chi connectivity index (χ0) is 14.3. The van der Waals surface area contributed by atoms with Gasteiger partial charge >= 0.3 is 5.97 Å². The topological polar surface area (TPSA) is 55.1 Å². The van der Waals surface area contributed by atoms with Crippen LogP contribution in [-0.2, 0) is 7.05 Å². The summed E-state index contributed by atoms with van der Waals surface area (Å²) in [5, 5.41) is 15.7. The number of halogens is 1. The molecule has 0 saturated heterocycles. The smallest absolute Gasteiger partial charge is 0.355 e.